The van der Waals surface area contributed by atoms with Crippen molar-refractivity contribution in [2.24, 2.45) is 0 Å². The molecule has 0 atom stereocenters. The summed E-state index contributed by atoms with van der Waals surface area (Å²) < 4.78 is 32.2. The summed E-state index contributed by atoms with van der Waals surface area (Å²) in [5.41, 5.74) is 2.58. The van der Waals surface area contributed by atoms with Crippen molar-refractivity contribution >= 4 is 22.0 Å². The van der Waals surface area contributed by atoms with E-state index in [1.54, 1.807) is 18.3 Å². The van der Waals surface area contributed by atoms with E-state index in [1.165, 1.54) is 5.41 Å². The number of anilines is 1. The largest absolute Gasteiger partial charge is 0.378 e. The Hall–Kier alpha value is -2.29. The van der Waals surface area contributed by atoms with Gasteiger partial charge in [-0.25, -0.2) is 23.1 Å². The number of nitrogens with zero attached hydrogens (tertiary/aromatic N) is 3. The third kappa shape index (κ3) is 5.35. The summed E-state index contributed by atoms with van der Waals surface area (Å²) in [5.74, 6) is 0.597. The number of ether oxygens (including phenoxy) is 1. The molecule has 1 saturated heterocycles. The molecule has 0 bridgehead atoms. The van der Waals surface area contributed by atoms with E-state index in [0.29, 0.717) is 24.9 Å². The highest BCUT2D eigenvalue weighted by Crippen LogP contribution is 2.10. The van der Waals surface area contributed by atoms with Crippen molar-refractivity contribution in [3.8, 4) is 0 Å². The monoisotopic (exact) mass is 374 g/mol. The Bertz CT molecular complexity index is 860. The summed E-state index contributed by atoms with van der Waals surface area (Å²) >= 11 is 0. The van der Waals surface area contributed by atoms with Gasteiger partial charge in [-0.15, -0.1) is 0 Å². The lowest BCUT2D eigenvalue weighted by atomic mass is 10.2. The van der Waals surface area contributed by atoms with Crippen molar-refractivity contribution in [2.45, 2.75) is 13.5 Å². The second kappa shape index (κ2) is 8.39. The minimum absolute atomic E-state index is 0.112. The topological polar surface area (TPSA) is 84.4 Å². The van der Waals surface area contributed by atoms with Gasteiger partial charge in [0.05, 0.1) is 25.5 Å². The van der Waals surface area contributed by atoms with Gasteiger partial charge in [-0.1, -0.05) is 29.8 Å². The quantitative estimate of drug-likeness (QED) is 0.829. The first kappa shape index (κ1) is 18.5. The van der Waals surface area contributed by atoms with E-state index in [4.69, 9.17) is 4.74 Å². The number of aromatic nitrogens is 2. The van der Waals surface area contributed by atoms with Gasteiger partial charge in [-0.05, 0) is 24.6 Å². The fraction of sp³-hybridized carbons (Fsp3) is 0.333. The Balaban J connectivity index is 1.61. The summed E-state index contributed by atoms with van der Waals surface area (Å²) in [7, 11) is -3.55. The first-order valence-corrected chi connectivity index (χ1v) is 9.95. The number of benzene rings is 1. The highest BCUT2D eigenvalue weighted by molar-refractivity contribution is 7.92. The number of hydrogen-bond acceptors (Lipinski definition) is 6. The summed E-state index contributed by atoms with van der Waals surface area (Å²) in [5, 5.41) is 1.17. The van der Waals surface area contributed by atoms with E-state index in [9.17, 15) is 8.42 Å². The number of sulfonamides is 1. The zero-order chi connectivity index (χ0) is 18.4. The van der Waals surface area contributed by atoms with Gasteiger partial charge in [-0.2, -0.15) is 0 Å². The normalized spacial score (nSPS) is 15.5. The Morgan fingerprint density at radius 3 is 2.65 bits per heavy atom. The van der Waals surface area contributed by atoms with Crippen LogP contribution in [0.5, 0.6) is 0 Å². The van der Waals surface area contributed by atoms with E-state index in [2.05, 4.69) is 14.7 Å². The molecule has 0 aliphatic carbocycles. The molecule has 1 fully saturated rings. The molecule has 7 nitrogen and oxygen atoms in total. The molecule has 8 heteroatoms. The molecule has 1 aliphatic rings. The molecular weight excluding hydrogens is 352 g/mol. The highest BCUT2D eigenvalue weighted by atomic mass is 32.2. The second-order valence-electron chi connectivity index (χ2n) is 6.03. The molecule has 1 aliphatic heterocycles. The first-order valence-electron chi connectivity index (χ1n) is 8.41. The van der Waals surface area contributed by atoms with E-state index in [-0.39, 0.29) is 6.54 Å². The Kier molecular flexibility index (Phi) is 5.97. The molecule has 0 amide bonds. The van der Waals surface area contributed by atoms with Crippen molar-refractivity contribution in [2.75, 3.05) is 31.2 Å². The van der Waals surface area contributed by atoms with Gasteiger partial charge in [0.25, 0.3) is 0 Å². The average molecular weight is 374 g/mol. The van der Waals surface area contributed by atoms with Crippen molar-refractivity contribution in [1.29, 1.82) is 0 Å². The number of aryl methyl sites for hydroxylation is 1. The molecule has 2 heterocycles. The minimum atomic E-state index is -3.55. The summed E-state index contributed by atoms with van der Waals surface area (Å²) in [6.45, 7) is 4.84. The zero-order valence-electron chi connectivity index (χ0n) is 14.6. The molecule has 0 radical (unpaired) electrons. The summed E-state index contributed by atoms with van der Waals surface area (Å²) in [6, 6.07) is 9.33. The average Bonchev–Trinajstić information content (AvgIpc) is 2.67. The lowest BCUT2D eigenvalue weighted by molar-refractivity contribution is 0.122. The van der Waals surface area contributed by atoms with Gasteiger partial charge < -0.3 is 9.64 Å². The maximum absolute atomic E-state index is 12.2. The third-order valence-corrected chi connectivity index (χ3v) is 5.01. The van der Waals surface area contributed by atoms with Crippen LogP contribution in [0.25, 0.3) is 6.08 Å². The lowest BCUT2D eigenvalue weighted by Crippen LogP contribution is -2.37. The van der Waals surface area contributed by atoms with Crippen molar-refractivity contribution in [3.63, 3.8) is 0 Å². The van der Waals surface area contributed by atoms with Crippen LogP contribution >= 0.6 is 0 Å². The van der Waals surface area contributed by atoms with Crippen LogP contribution in [-0.4, -0.2) is 44.7 Å². The number of morpholine rings is 1. The molecule has 1 N–H and O–H groups in total. The molecule has 1 aromatic carbocycles. The minimum Gasteiger partial charge on any atom is -0.378 e. The van der Waals surface area contributed by atoms with E-state index in [1.807, 2.05) is 36.1 Å². The molecule has 3 rings (SSSR count). The number of nitrogens with one attached hydrogen (secondary N) is 1. The number of rotatable bonds is 6. The van der Waals surface area contributed by atoms with Crippen LogP contribution in [-0.2, 0) is 21.3 Å². The van der Waals surface area contributed by atoms with E-state index in [0.717, 1.165) is 24.2 Å². The summed E-state index contributed by atoms with van der Waals surface area (Å²) in [6.07, 6.45) is 3.21. The van der Waals surface area contributed by atoms with Gasteiger partial charge in [-0.3, -0.25) is 0 Å². The van der Waals surface area contributed by atoms with Crippen LogP contribution in [0.3, 0.4) is 0 Å². The van der Waals surface area contributed by atoms with Crippen LogP contribution in [0, 0.1) is 6.92 Å². The lowest BCUT2D eigenvalue weighted by Gasteiger charge is -2.26. The van der Waals surface area contributed by atoms with Crippen LogP contribution in [0.4, 0.5) is 5.95 Å². The van der Waals surface area contributed by atoms with Crippen LogP contribution in [0.1, 0.15) is 16.8 Å². The zero-order valence-corrected chi connectivity index (χ0v) is 15.4. The first-order chi connectivity index (χ1) is 12.5. The van der Waals surface area contributed by atoms with Crippen LogP contribution in [0.2, 0.25) is 0 Å². The van der Waals surface area contributed by atoms with Crippen molar-refractivity contribution in [1.82, 2.24) is 14.7 Å². The molecule has 0 saturated carbocycles. The van der Waals surface area contributed by atoms with E-state index < -0.39 is 10.0 Å². The fourth-order valence-corrected chi connectivity index (χ4v) is 3.25. The Morgan fingerprint density at radius 2 is 1.92 bits per heavy atom. The van der Waals surface area contributed by atoms with Crippen LogP contribution in [0.15, 0.2) is 41.9 Å². The molecule has 0 spiro atoms. The fourth-order valence-electron chi connectivity index (χ4n) is 2.47. The van der Waals surface area contributed by atoms with Gasteiger partial charge in [0.2, 0.25) is 16.0 Å². The van der Waals surface area contributed by atoms with Crippen molar-refractivity contribution in [3.05, 3.63) is 58.8 Å². The smallest absolute Gasteiger partial charge is 0.234 e. The summed E-state index contributed by atoms with van der Waals surface area (Å²) in [4.78, 5) is 10.7. The predicted molar refractivity (Wildman–Crippen MR) is 101 cm³/mol. The van der Waals surface area contributed by atoms with Gasteiger partial charge in [0.15, 0.2) is 0 Å². The standard InChI is InChI=1S/C18H22N4O3S/c1-15-2-4-16(5-3-15)7-13-26(23,24)20-14-17-6-8-19-18(21-17)22-9-11-25-12-10-22/h2-8,13,20H,9-12,14H2,1H3/b13-7+. The van der Waals surface area contributed by atoms with Gasteiger partial charge >= 0.3 is 0 Å². The molecule has 0 unspecified atom stereocenters. The van der Waals surface area contributed by atoms with Crippen molar-refractivity contribution < 1.29 is 13.2 Å². The maximum Gasteiger partial charge on any atom is 0.234 e. The second-order valence-corrected chi connectivity index (χ2v) is 7.68. The van der Waals surface area contributed by atoms with Gasteiger partial charge in [0.1, 0.15) is 0 Å². The maximum atomic E-state index is 12.2. The van der Waals surface area contributed by atoms with E-state index >= 15 is 0 Å². The predicted octanol–water partition coefficient (Wildman–Crippen LogP) is 1.71. The highest BCUT2D eigenvalue weighted by Gasteiger charge is 2.14. The third-order valence-electron chi connectivity index (χ3n) is 3.97. The Labute approximate surface area is 153 Å². The molecule has 1 aromatic heterocycles. The van der Waals surface area contributed by atoms with Gasteiger partial charge in [0, 0.05) is 24.7 Å². The SMILES string of the molecule is Cc1ccc(/C=C/S(=O)(=O)NCc2ccnc(N3CCOCC3)n2)cc1. The molecule has 26 heavy (non-hydrogen) atoms. The van der Waals surface area contributed by atoms with Crippen LogP contribution < -0.4 is 9.62 Å². The number of hydrogen-bond donors (Lipinski definition) is 1. The molecule has 2 aromatic rings. The Morgan fingerprint density at radius 1 is 1.19 bits per heavy atom. The molecular formula is C18H22N4O3S. The molecule has 138 valence electrons.